The number of thiazole rings is 1. The van der Waals surface area contributed by atoms with Crippen LogP contribution in [-0.4, -0.2) is 11.5 Å². The highest BCUT2D eigenvalue weighted by molar-refractivity contribution is 7.09. The quantitative estimate of drug-likeness (QED) is 0.857. The van der Waals surface area contributed by atoms with E-state index in [1.807, 2.05) is 13.8 Å². The Hall–Kier alpha value is -0.920. The Morgan fingerprint density at radius 3 is 3.00 bits per heavy atom. The van der Waals surface area contributed by atoms with Gasteiger partial charge < -0.3 is 5.32 Å². The van der Waals surface area contributed by atoms with Crippen molar-refractivity contribution in [3.05, 3.63) is 16.1 Å². The van der Waals surface area contributed by atoms with E-state index in [0.717, 1.165) is 23.7 Å². The average Bonchev–Trinajstić information content (AvgIpc) is 2.80. The summed E-state index contributed by atoms with van der Waals surface area (Å²) in [6, 6.07) is 2.70. The van der Waals surface area contributed by atoms with Crippen molar-refractivity contribution in [2.75, 3.05) is 6.54 Å². The van der Waals surface area contributed by atoms with E-state index in [0.29, 0.717) is 6.04 Å². The minimum atomic E-state index is -0.461. The molecule has 1 aliphatic rings. The lowest BCUT2D eigenvalue weighted by atomic mass is 9.97. The SMILES string of the molecule is CC(C)(C#N)c1nc(C2CCCCN2)cs1. The molecule has 0 spiro atoms. The molecule has 0 aliphatic carbocycles. The summed E-state index contributed by atoms with van der Waals surface area (Å²) < 4.78 is 0. The number of hydrogen-bond donors (Lipinski definition) is 1. The van der Waals surface area contributed by atoms with Crippen molar-refractivity contribution >= 4 is 11.3 Å². The number of hydrogen-bond acceptors (Lipinski definition) is 4. The van der Waals surface area contributed by atoms with Crippen LogP contribution >= 0.6 is 11.3 Å². The van der Waals surface area contributed by atoms with Crippen molar-refractivity contribution < 1.29 is 0 Å². The molecule has 4 heteroatoms. The third-order valence-corrected chi connectivity index (χ3v) is 4.19. The van der Waals surface area contributed by atoms with Gasteiger partial charge >= 0.3 is 0 Å². The first-order chi connectivity index (χ1) is 7.63. The summed E-state index contributed by atoms with van der Waals surface area (Å²) in [6.07, 6.45) is 3.69. The monoisotopic (exact) mass is 235 g/mol. The molecule has 1 fully saturated rings. The molecule has 0 saturated carbocycles. The largest absolute Gasteiger partial charge is 0.309 e. The summed E-state index contributed by atoms with van der Waals surface area (Å²) in [4.78, 5) is 4.61. The first-order valence-corrected chi connectivity index (χ1v) is 6.62. The predicted octanol–water partition coefficient (Wildman–Crippen LogP) is 2.76. The molecule has 86 valence electrons. The molecule has 0 bridgehead atoms. The zero-order valence-corrected chi connectivity index (χ0v) is 10.6. The van der Waals surface area contributed by atoms with Crippen LogP contribution < -0.4 is 5.32 Å². The fraction of sp³-hybridized carbons (Fsp3) is 0.667. The van der Waals surface area contributed by atoms with E-state index in [1.165, 1.54) is 12.8 Å². The molecule has 1 aliphatic heterocycles. The predicted molar refractivity (Wildman–Crippen MR) is 65.3 cm³/mol. The second-order valence-corrected chi connectivity index (χ2v) is 5.67. The topological polar surface area (TPSA) is 48.7 Å². The van der Waals surface area contributed by atoms with Crippen LogP contribution in [0.15, 0.2) is 5.38 Å². The fourth-order valence-corrected chi connectivity index (χ4v) is 2.83. The molecule has 1 N–H and O–H groups in total. The maximum atomic E-state index is 9.07. The highest BCUT2D eigenvalue weighted by atomic mass is 32.1. The van der Waals surface area contributed by atoms with Crippen molar-refractivity contribution in [2.45, 2.75) is 44.6 Å². The van der Waals surface area contributed by atoms with Gasteiger partial charge in [0.15, 0.2) is 0 Å². The Kier molecular flexibility index (Phi) is 3.27. The van der Waals surface area contributed by atoms with E-state index < -0.39 is 5.41 Å². The lowest BCUT2D eigenvalue weighted by Crippen LogP contribution is -2.27. The maximum Gasteiger partial charge on any atom is 0.113 e. The van der Waals surface area contributed by atoms with Crippen LogP contribution in [-0.2, 0) is 5.41 Å². The molecule has 0 radical (unpaired) electrons. The van der Waals surface area contributed by atoms with E-state index in [2.05, 4.69) is 21.8 Å². The summed E-state index contributed by atoms with van der Waals surface area (Å²) in [7, 11) is 0. The lowest BCUT2D eigenvalue weighted by Gasteiger charge is -2.21. The van der Waals surface area contributed by atoms with Gasteiger partial charge in [0.1, 0.15) is 10.4 Å². The molecule has 3 nitrogen and oxygen atoms in total. The van der Waals surface area contributed by atoms with E-state index in [4.69, 9.17) is 5.26 Å². The van der Waals surface area contributed by atoms with Gasteiger partial charge in [-0.2, -0.15) is 5.26 Å². The van der Waals surface area contributed by atoms with Crippen LogP contribution in [0.5, 0.6) is 0 Å². The molecule has 16 heavy (non-hydrogen) atoms. The van der Waals surface area contributed by atoms with Crippen molar-refractivity contribution in [3.63, 3.8) is 0 Å². The van der Waals surface area contributed by atoms with Gasteiger partial charge in [-0.1, -0.05) is 6.42 Å². The molecule has 0 amide bonds. The number of nitrogens with one attached hydrogen (secondary N) is 1. The molecule has 0 aromatic carbocycles. The third-order valence-electron chi connectivity index (χ3n) is 3.00. The third kappa shape index (κ3) is 2.26. The van der Waals surface area contributed by atoms with Crippen molar-refractivity contribution in [2.24, 2.45) is 0 Å². The Labute approximate surface area is 101 Å². The van der Waals surface area contributed by atoms with Gasteiger partial charge in [0.05, 0.1) is 17.8 Å². The first-order valence-electron chi connectivity index (χ1n) is 5.74. The Bertz CT molecular complexity index is 397. The highest BCUT2D eigenvalue weighted by Crippen LogP contribution is 2.30. The summed E-state index contributed by atoms with van der Waals surface area (Å²) in [5, 5.41) is 15.6. The van der Waals surface area contributed by atoms with Gasteiger partial charge in [0.2, 0.25) is 0 Å². The number of rotatable bonds is 2. The van der Waals surface area contributed by atoms with Gasteiger partial charge in [-0.05, 0) is 33.2 Å². The van der Waals surface area contributed by atoms with Crippen LogP contribution in [0.3, 0.4) is 0 Å². The fourth-order valence-electron chi connectivity index (χ4n) is 1.89. The molecule has 1 aromatic rings. The molecular weight excluding hydrogens is 218 g/mol. The average molecular weight is 235 g/mol. The number of nitrogens with zero attached hydrogens (tertiary/aromatic N) is 2. The molecule has 2 heterocycles. The molecule has 1 saturated heterocycles. The minimum absolute atomic E-state index is 0.397. The number of aromatic nitrogens is 1. The summed E-state index contributed by atoms with van der Waals surface area (Å²) in [5.74, 6) is 0. The van der Waals surface area contributed by atoms with E-state index in [-0.39, 0.29) is 0 Å². The van der Waals surface area contributed by atoms with E-state index >= 15 is 0 Å². The van der Waals surface area contributed by atoms with E-state index in [1.54, 1.807) is 11.3 Å². The zero-order chi connectivity index (χ0) is 11.6. The lowest BCUT2D eigenvalue weighted by molar-refractivity contribution is 0.405. The van der Waals surface area contributed by atoms with Crippen LogP contribution in [0.4, 0.5) is 0 Å². The van der Waals surface area contributed by atoms with E-state index in [9.17, 15) is 0 Å². The van der Waals surface area contributed by atoms with Gasteiger partial charge in [-0.25, -0.2) is 4.98 Å². The van der Waals surface area contributed by atoms with Gasteiger partial charge in [-0.15, -0.1) is 11.3 Å². The second kappa shape index (κ2) is 4.52. The molecular formula is C12H17N3S. The number of nitriles is 1. The van der Waals surface area contributed by atoms with Crippen molar-refractivity contribution in [3.8, 4) is 6.07 Å². The van der Waals surface area contributed by atoms with Crippen molar-refractivity contribution in [1.82, 2.24) is 10.3 Å². The first kappa shape index (κ1) is 11.6. The summed E-state index contributed by atoms with van der Waals surface area (Å²) in [6.45, 7) is 4.92. The second-order valence-electron chi connectivity index (χ2n) is 4.82. The molecule has 1 atom stereocenters. The van der Waals surface area contributed by atoms with Crippen LogP contribution in [0, 0.1) is 11.3 Å². The molecule has 1 unspecified atom stereocenters. The van der Waals surface area contributed by atoms with Gasteiger partial charge in [-0.3, -0.25) is 0 Å². The zero-order valence-electron chi connectivity index (χ0n) is 9.79. The molecule has 1 aromatic heterocycles. The van der Waals surface area contributed by atoms with Crippen LogP contribution in [0.1, 0.15) is 49.9 Å². The minimum Gasteiger partial charge on any atom is -0.309 e. The molecule has 2 rings (SSSR count). The normalized spacial score (nSPS) is 21.7. The Morgan fingerprint density at radius 1 is 1.56 bits per heavy atom. The Balaban J connectivity index is 2.16. The van der Waals surface area contributed by atoms with Gasteiger partial charge in [0, 0.05) is 5.38 Å². The number of piperidine rings is 1. The standard InChI is InChI=1S/C12H17N3S/c1-12(2,8-13)11-15-10(7-16-11)9-5-3-4-6-14-9/h7,9,14H,3-6H2,1-2H3. The highest BCUT2D eigenvalue weighted by Gasteiger charge is 2.26. The van der Waals surface area contributed by atoms with Crippen LogP contribution in [0.2, 0.25) is 0 Å². The maximum absolute atomic E-state index is 9.07. The van der Waals surface area contributed by atoms with Gasteiger partial charge in [0.25, 0.3) is 0 Å². The summed E-state index contributed by atoms with van der Waals surface area (Å²) >= 11 is 1.60. The van der Waals surface area contributed by atoms with Crippen molar-refractivity contribution in [1.29, 1.82) is 5.26 Å². The Morgan fingerprint density at radius 2 is 2.38 bits per heavy atom. The smallest absolute Gasteiger partial charge is 0.113 e. The summed E-state index contributed by atoms with van der Waals surface area (Å²) in [5.41, 5.74) is 0.653. The van der Waals surface area contributed by atoms with Crippen LogP contribution in [0.25, 0.3) is 0 Å².